The van der Waals surface area contributed by atoms with Crippen LogP contribution in [-0.4, -0.2) is 12.4 Å². The molecule has 0 aromatic carbocycles. The molecular formula is C10H16O2. The number of ether oxygens (including phenoxy) is 1. The summed E-state index contributed by atoms with van der Waals surface area (Å²) in [4.78, 5) is 11.6. The van der Waals surface area contributed by atoms with Crippen molar-refractivity contribution in [3.8, 4) is 0 Å². The van der Waals surface area contributed by atoms with E-state index in [2.05, 4.69) is 13.8 Å². The molecule has 0 radical (unpaired) electrons. The van der Waals surface area contributed by atoms with Crippen LogP contribution in [0.2, 0.25) is 0 Å². The maximum Gasteiger partial charge on any atom is 0.200 e. The third kappa shape index (κ3) is 1.87. The molecule has 1 unspecified atom stereocenters. The summed E-state index contributed by atoms with van der Waals surface area (Å²) in [6.07, 6.45) is 2.77. The molecule has 0 bridgehead atoms. The largest absolute Gasteiger partial charge is 0.490 e. The molecule has 1 aliphatic rings. The molecule has 0 spiro atoms. The molecule has 0 fully saturated rings. The first-order valence-corrected chi connectivity index (χ1v) is 4.50. The van der Waals surface area contributed by atoms with Gasteiger partial charge in [0.15, 0.2) is 11.5 Å². The molecule has 68 valence electrons. The van der Waals surface area contributed by atoms with Crippen molar-refractivity contribution in [3.05, 3.63) is 11.8 Å². The molecule has 1 aliphatic heterocycles. The first-order valence-electron chi connectivity index (χ1n) is 4.50. The zero-order valence-electron chi connectivity index (χ0n) is 7.96. The van der Waals surface area contributed by atoms with E-state index in [1.165, 1.54) is 0 Å². The van der Waals surface area contributed by atoms with Gasteiger partial charge in [0.1, 0.15) is 0 Å². The summed E-state index contributed by atoms with van der Waals surface area (Å²) < 4.78 is 5.20. The quantitative estimate of drug-likeness (QED) is 0.645. The Bertz CT molecular complexity index is 204. The molecular weight excluding hydrogens is 152 g/mol. The van der Waals surface area contributed by atoms with E-state index < -0.39 is 0 Å². The standard InChI is InChI=1S/C10H16O2/c1-7(2)8(3)10(11)9-5-4-6-12-9/h5,7-8H,4,6H2,1-3H3. The molecule has 0 aromatic rings. The van der Waals surface area contributed by atoms with Crippen LogP contribution < -0.4 is 0 Å². The van der Waals surface area contributed by atoms with Gasteiger partial charge in [-0.1, -0.05) is 20.8 Å². The van der Waals surface area contributed by atoms with Gasteiger partial charge < -0.3 is 4.74 Å². The van der Waals surface area contributed by atoms with Crippen molar-refractivity contribution in [1.82, 2.24) is 0 Å². The molecule has 0 saturated carbocycles. The molecule has 0 N–H and O–H groups in total. The minimum atomic E-state index is 0.0781. The van der Waals surface area contributed by atoms with Gasteiger partial charge in [-0.2, -0.15) is 0 Å². The number of hydrogen-bond acceptors (Lipinski definition) is 2. The first kappa shape index (κ1) is 9.30. The average molecular weight is 168 g/mol. The third-order valence-corrected chi connectivity index (χ3v) is 2.36. The van der Waals surface area contributed by atoms with Crippen LogP contribution in [0.4, 0.5) is 0 Å². The average Bonchev–Trinajstić information content (AvgIpc) is 2.53. The fourth-order valence-electron chi connectivity index (χ4n) is 1.12. The van der Waals surface area contributed by atoms with E-state index in [0.29, 0.717) is 18.3 Å². The summed E-state index contributed by atoms with van der Waals surface area (Å²) in [5.41, 5.74) is 0. The lowest BCUT2D eigenvalue weighted by atomic mass is 9.92. The van der Waals surface area contributed by atoms with E-state index >= 15 is 0 Å². The van der Waals surface area contributed by atoms with Gasteiger partial charge in [0.2, 0.25) is 0 Å². The second-order valence-corrected chi connectivity index (χ2v) is 3.60. The number of ketones is 1. The van der Waals surface area contributed by atoms with E-state index in [1.807, 2.05) is 13.0 Å². The number of allylic oxidation sites excluding steroid dienone is 1. The molecule has 12 heavy (non-hydrogen) atoms. The topological polar surface area (TPSA) is 26.3 Å². The molecule has 1 atom stereocenters. The van der Waals surface area contributed by atoms with Crippen LogP contribution in [0.5, 0.6) is 0 Å². The Hall–Kier alpha value is -0.790. The fourth-order valence-corrected chi connectivity index (χ4v) is 1.12. The molecule has 0 aromatic heterocycles. The minimum absolute atomic E-state index is 0.0781. The van der Waals surface area contributed by atoms with E-state index in [0.717, 1.165) is 6.42 Å². The highest BCUT2D eigenvalue weighted by molar-refractivity contribution is 5.95. The van der Waals surface area contributed by atoms with Crippen LogP contribution in [0, 0.1) is 11.8 Å². The highest BCUT2D eigenvalue weighted by Gasteiger charge is 2.23. The summed E-state index contributed by atoms with van der Waals surface area (Å²) in [5, 5.41) is 0. The lowest BCUT2D eigenvalue weighted by Crippen LogP contribution is -2.18. The summed E-state index contributed by atoms with van der Waals surface area (Å²) >= 11 is 0. The molecule has 2 heteroatoms. The van der Waals surface area contributed by atoms with Crippen LogP contribution in [-0.2, 0) is 9.53 Å². The normalized spacial score (nSPS) is 18.8. The van der Waals surface area contributed by atoms with Gasteiger partial charge in [0.25, 0.3) is 0 Å². The molecule has 0 aliphatic carbocycles. The van der Waals surface area contributed by atoms with Crippen molar-refractivity contribution in [3.63, 3.8) is 0 Å². The molecule has 0 saturated heterocycles. The van der Waals surface area contributed by atoms with Crippen LogP contribution >= 0.6 is 0 Å². The number of carbonyl (C=O) groups excluding carboxylic acids is 1. The predicted molar refractivity (Wildman–Crippen MR) is 47.7 cm³/mol. The van der Waals surface area contributed by atoms with Crippen molar-refractivity contribution in [2.24, 2.45) is 11.8 Å². The summed E-state index contributed by atoms with van der Waals surface area (Å²) in [7, 11) is 0. The van der Waals surface area contributed by atoms with Gasteiger partial charge in [-0.05, 0) is 12.0 Å². The van der Waals surface area contributed by atoms with Crippen LogP contribution in [0.15, 0.2) is 11.8 Å². The predicted octanol–water partition coefficient (Wildman–Crippen LogP) is 2.15. The van der Waals surface area contributed by atoms with E-state index in [-0.39, 0.29) is 11.7 Å². The number of hydrogen-bond donors (Lipinski definition) is 0. The number of carbonyl (C=O) groups is 1. The number of Topliss-reactive ketones (excluding diaryl/α,β-unsaturated/α-hetero) is 1. The second-order valence-electron chi connectivity index (χ2n) is 3.60. The summed E-state index contributed by atoms with van der Waals surface area (Å²) in [6, 6.07) is 0. The SMILES string of the molecule is CC(C)C(C)C(=O)C1=CCCO1. The second kappa shape index (κ2) is 3.74. The number of rotatable bonds is 3. The fraction of sp³-hybridized carbons (Fsp3) is 0.700. The highest BCUT2D eigenvalue weighted by atomic mass is 16.5. The zero-order chi connectivity index (χ0) is 9.14. The highest BCUT2D eigenvalue weighted by Crippen LogP contribution is 2.19. The maximum atomic E-state index is 11.6. The summed E-state index contributed by atoms with van der Waals surface area (Å²) in [6.45, 7) is 6.73. The Morgan fingerprint density at radius 3 is 2.58 bits per heavy atom. The monoisotopic (exact) mass is 168 g/mol. The Morgan fingerprint density at radius 1 is 1.50 bits per heavy atom. The van der Waals surface area contributed by atoms with Crippen LogP contribution in [0.1, 0.15) is 27.2 Å². The molecule has 2 nitrogen and oxygen atoms in total. The third-order valence-electron chi connectivity index (χ3n) is 2.36. The Balaban J connectivity index is 2.57. The van der Waals surface area contributed by atoms with Crippen molar-refractivity contribution >= 4 is 5.78 Å². The van der Waals surface area contributed by atoms with E-state index in [1.54, 1.807) is 0 Å². The Labute approximate surface area is 73.6 Å². The van der Waals surface area contributed by atoms with Gasteiger partial charge in [-0.15, -0.1) is 0 Å². The summed E-state index contributed by atoms with van der Waals surface area (Å²) in [5.74, 6) is 1.20. The van der Waals surface area contributed by atoms with Crippen molar-refractivity contribution < 1.29 is 9.53 Å². The first-order chi connectivity index (χ1) is 5.63. The van der Waals surface area contributed by atoms with Gasteiger partial charge in [-0.25, -0.2) is 0 Å². The van der Waals surface area contributed by atoms with Crippen LogP contribution in [0.3, 0.4) is 0 Å². The van der Waals surface area contributed by atoms with Crippen molar-refractivity contribution in [2.45, 2.75) is 27.2 Å². The maximum absolute atomic E-state index is 11.6. The lowest BCUT2D eigenvalue weighted by Gasteiger charge is -2.14. The minimum Gasteiger partial charge on any atom is -0.490 e. The zero-order valence-corrected chi connectivity index (χ0v) is 7.96. The van der Waals surface area contributed by atoms with Crippen molar-refractivity contribution in [2.75, 3.05) is 6.61 Å². The lowest BCUT2D eigenvalue weighted by molar-refractivity contribution is -0.122. The Kier molecular flexibility index (Phi) is 2.90. The smallest absolute Gasteiger partial charge is 0.200 e. The molecule has 1 heterocycles. The van der Waals surface area contributed by atoms with E-state index in [9.17, 15) is 4.79 Å². The van der Waals surface area contributed by atoms with Crippen LogP contribution in [0.25, 0.3) is 0 Å². The van der Waals surface area contributed by atoms with Crippen molar-refractivity contribution in [1.29, 1.82) is 0 Å². The van der Waals surface area contributed by atoms with Gasteiger partial charge in [0.05, 0.1) is 6.61 Å². The van der Waals surface area contributed by atoms with Gasteiger partial charge in [-0.3, -0.25) is 4.79 Å². The molecule has 0 amide bonds. The van der Waals surface area contributed by atoms with Gasteiger partial charge in [0, 0.05) is 12.3 Å². The Morgan fingerprint density at radius 2 is 2.17 bits per heavy atom. The molecule has 1 rings (SSSR count). The van der Waals surface area contributed by atoms with E-state index in [4.69, 9.17) is 4.74 Å². The van der Waals surface area contributed by atoms with Gasteiger partial charge >= 0.3 is 0 Å².